The minimum Gasteiger partial charge on any atom is -0.776 e. The molecule has 92 valence electrons. The van der Waals surface area contributed by atoms with E-state index in [-0.39, 0.29) is 36.2 Å². The maximum absolute atomic E-state index is 11.0. The molecule has 2 atom stereocenters. The molecule has 0 saturated heterocycles. The number of unbranched alkanes of at least 4 members (excludes halogenated alkanes) is 2. The standard InChI is InChI=1S/C6H16O7P2.Na/c1-2-3-4-5-13-15(11,12)6(7)14(8,9)10;/h6-7H,2-5H2,1H3,(H,11,12)(H2,8,9,10);/q;+1/p-1. The Morgan fingerprint density at radius 3 is 2.19 bits per heavy atom. The summed E-state index contributed by atoms with van der Waals surface area (Å²) in [5.41, 5.74) is -2.77. The van der Waals surface area contributed by atoms with Crippen molar-refractivity contribution in [2.75, 3.05) is 6.61 Å². The van der Waals surface area contributed by atoms with Crippen LogP contribution in [0.15, 0.2) is 0 Å². The maximum Gasteiger partial charge on any atom is 1.00 e. The van der Waals surface area contributed by atoms with Crippen LogP contribution >= 0.6 is 15.2 Å². The average molecular weight is 284 g/mol. The van der Waals surface area contributed by atoms with E-state index in [0.717, 1.165) is 12.8 Å². The molecule has 0 amide bonds. The molecule has 0 aromatic rings. The van der Waals surface area contributed by atoms with Gasteiger partial charge in [0.2, 0.25) is 5.59 Å². The summed E-state index contributed by atoms with van der Waals surface area (Å²) in [6, 6.07) is 0. The quantitative estimate of drug-likeness (QED) is 0.262. The van der Waals surface area contributed by atoms with Crippen LogP contribution in [-0.2, 0) is 13.7 Å². The molecule has 0 aliphatic heterocycles. The summed E-state index contributed by atoms with van der Waals surface area (Å²) in [6.45, 7) is 1.73. The van der Waals surface area contributed by atoms with E-state index in [9.17, 15) is 14.0 Å². The molecule has 10 heteroatoms. The van der Waals surface area contributed by atoms with Crippen LogP contribution in [0.25, 0.3) is 0 Å². The van der Waals surface area contributed by atoms with Crippen molar-refractivity contribution < 1.29 is 63.0 Å². The molecule has 0 aromatic carbocycles. The minimum absolute atomic E-state index is 0. The molecular formula is C6H15NaO7P2. The van der Waals surface area contributed by atoms with Crippen LogP contribution in [0.3, 0.4) is 0 Å². The first-order chi connectivity index (χ1) is 6.72. The molecule has 0 fully saturated rings. The summed E-state index contributed by atoms with van der Waals surface area (Å²) in [7, 11) is -9.98. The van der Waals surface area contributed by atoms with Crippen LogP contribution in [-0.4, -0.2) is 27.1 Å². The third kappa shape index (κ3) is 7.56. The van der Waals surface area contributed by atoms with E-state index < -0.39 is 20.8 Å². The van der Waals surface area contributed by atoms with Crippen molar-refractivity contribution in [2.24, 2.45) is 0 Å². The SMILES string of the molecule is CCCCCOP(=O)([O-])C(O)P(=O)(O)O.[Na+]. The second kappa shape index (κ2) is 8.38. The summed E-state index contributed by atoms with van der Waals surface area (Å²) in [5.74, 6) is 0. The van der Waals surface area contributed by atoms with Crippen molar-refractivity contribution in [3.05, 3.63) is 0 Å². The van der Waals surface area contributed by atoms with Crippen molar-refractivity contribution in [3.8, 4) is 0 Å². The number of aliphatic hydroxyl groups is 1. The van der Waals surface area contributed by atoms with Crippen molar-refractivity contribution >= 4 is 15.2 Å². The number of hydrogen-bond donors (Lipinski definition) is 3. The average Bonchev–Trinajstić information content (AvgIpc) is 2.10. The number of aliphatic hydroxyl groups excluding tert-OH is 1. The van der Waals surface area contributed by atoms with E-state index >= 15 is 0 Å². The summed E-state index contributed by atoms with van der Waals surface area (Å²) >= 11 is 0. The summed E-state index contributed by atoms with van der Waals surface area (Å²) in [4.78, 5) is 27.9. The van der Waals surface area contributed by atoms with Crippen molar-refractivity contribution in [3.63, 3.8) is 0 Å². The van der Waals surface area contributed by atoms with Crippen molar-refractivity contribution in [1.82, 2.24) is 0 Å². The first-order valence-electron chi connectivity index (χ1n) is 4.40. The molecule has 0 rings (SSSR count). The Bertz CT molecular complexity index is 278. The molecule has 7 nitrogen and oxygen atoms in total. The van der Waals surface area contributed by atoms with Gasteiger partial charge in [-0.15, -0.1) is 0 Å². The largest absolute Gasteiger partial charge is 1.00 e. The Kier molecular flexibility index (Phi) is 10.3. The van der Waals surface area contributed by atoms with Crippen LogP contribution in [0.4, 0.5) is 0 Å². The van der Waals surface area contributed by atoms with Crippen LogP contribution in [0, 0.1) is 0 Å². The molecular weight excluding hydrogens is 269 g/mol. The first kappa shape index (κ1) is 19.6. The zero-order valence-corrected chi connectivity index (χ0v) is 13.1. The van der Waals surface area contributed by atoms with Gasteiger partial charge in [-0.1, -0.05) is 19.8 Å². The van der Waals surface area contributed by atoms with Gasteiger partial charge in [0.1, 0.15) is 0 Å². The van der Waals surface area contributed by atoms with Gasteiger partial charge in [0.05, 0.1) is 6.61 Å². The molecule has 0 aromatic heterocycles. The van der Waals surface area contributed by atoms with Crippen LogP contribution in [0.5, 0.6) is 0 Å². The summed E-state index contributed by atoms with van der Waals surface area (Å²) < 4.78 is 25.7. The molecule has 0 aliphatic rings. The van der Waals surface area contributed by atoms with Crippen LogP contribution in [0.2, 0.25) is 0 Å². The fourth-order valence-corrected chi connectivity index (χ4v) is 2.99. The predicted molar refractivity (Wildman–Crippen MR) is 51.1 cm³/mol. The first-order valence-corrected chi connectivity index (χ1v) is 7.69. The Hall–Kier alpha value is 1.26. The van der Waals surface area contributed by atoms with E-state index in [1.54, 1.807) is 0 Å². The Balaban J connectivity index is 0. The minimum atomic E-state index is -5.08. The number of rotatable bonds is 7. The van der Waals surface area contributed by atoms with Crippen molar-refractivity contribution in [2.45, 2.75) is 31.8 Å². The maximum atomic E-state index is 11.0. The van der Waals surface area contributed by atoms with E-state index in [1.165, 1.54) is 0 Å². The van der Waals surface area contributed by atoms with Gasteiger partial charge in [0.25, 0.3) is 0 Å². The predicted octanol–water partition coefficient (Wildman–Crippen LogP) is -2.80. The van der Waals surface area contributed by atoms with Gasteiger partial charge in [-0.2, -0.15) is 0 Å². The molecule has 0 radical (unpaired) electrons. The fourth-order valence-electron chi connectivity index (χ4n) is 0.795. The van der Waals surface area contributed by atoms with Gasteiger partial charge in [0.15, 0.2) is 7.60 Å². The second-order valence-electron chi connectivity index (χ2n) is 3.02. The van der Waals surface area contributed by atoms with E-state index in [2.05, 4.69) is 4.52 Å². The molecule has 0 bridgehead atoms. The smallest absolute Gasteiger partial charge is 0.776 e. The van der Waals surface area contributed by atoms with E-state index in [1.807, 2.05) is 6.92 Å². The Morgan fingerprint density at radius 1 is 1.31 bits per heavy atom. The molecule has 0 heterocycles. The van der Waals surface area contributed by atoms with Crippen LogP contribution < -0.4 is 34.5 Å². The Labute approximate surface area is 116 Å². The fraction of sp³-hybridized carbons (Fsp3) is 1.00. The normalized spacial score (nSPS) is 17.3. The summed E-state index contributed by atoms with van der Waals surface area (Å²) in [5, 5.41) is 8.81. The van der Waals surface area contributed by atoms with Gasteiger partial charge in [0, 0.05) is 0 Å². The zero-order chi connectivity index (χ0) is 12.1. The van der Waals surface area contributed by atoms with Gasteiger partial charge in [-0.25, -0.2) is 0 Å². The zero-order valence-electron chi connectivity index (χ0n) is 9.27. The molecule has 16 heavy (non-hydrogen) atoms. The van der Waals surface area contributed by atoms with E-state index in [4.69, 9.17) is 14.9 Å². The third-order valence-electron chi connectivity index (χ3n) is 1.60. The van der Waals surface area contributed by atoms with Gasteiger partial charge in [-0.05, 0) is 6.42 Å². The van der Waals surface area contributed by atoms with Crippen molar-refractivity contribution in [1.29, 1.82) is 0 Å². The monoisotopic (exact) mass is 284 g/mol. The molecule has 0 saturated carbocycles. The van der Waals surface area contributed by atoms with Gasteiger partial charge in [-0.3, -0.25) is 4.57 Å². The third-order valence-corrected chi connectivity index (χ3v) is 5.06. The molecule has 0 spiro atoms. The summed E-state index contributed by atoms with van der Waals surface area (Å²) in [6.07, 6.45) is 2.05. The van der Waals surface area contributed by atoms with E-state index in [0.29, 0.717) is 6.42 Å². The molecule has 3 N–H and O–H groups in total. The van der Waals surface area contributed by atoms with Gasteiger partial charge >= 0.3 is 37.2 Å². The second-order valence-corrected chi connectivity index (χ2v) is 6.92. The molecule has 2 unspecified atom stereocenters. The Morgan fingerprint density at radius 2 is 1.81 bits per heavy atom. The molecule has 0 aliphatic carbocycles. The topological polar surface area (TPSA) is 127 Å². The van der Waals surface area contributed by atoms with Crippen LogP contribution in [0.1, 0.15) is 26.2 Å². The van der Waals surface area contributed by atoms with Gasteiger partial charge < -0.3 is 28.9 Å². The number of hydrogen-bond acceptors (Lipinski definition) is 5.